The van der Waals surface area contributed by atoms with Gasteiger partial charge in [-0.3, -0.25) is 14.9 Å². The van der Waals surface area contributed by atoms with Gasteiger partial charge in [-0.15, -0.1) is 11.3 Å². The van der Waals surface area contributed by atoms with E-state index in [2.05, 4.69) is 5.32 Å². The Bertz CT molecular complexity index is 997. The highest BCUT2D eigenvalue weighted by atomic mass is 32.1. The molecule has 0 atom stereocenters. The summed E-state index contributed by atoms with van der Waals surface area (Å²) in [5.74, 6) is 0.385. The van der Waals surface area contributed by atoms with Crippen LogP contribution in [0.15, 0.2) is 53.9 Å². The van der Waals surface area contributed by atoms with E-state index in [0.717, 1.165) is 22.4 Å². The smallest absolute Gasteiger partial charge is 0.293 e. The first kappa shape index (κ1) is 18.6. The molecule has 1 heterocycles. The SMILES string of the molecule is Cc1cccc(OCc2csc(C(=O)Nc3ccc(C)cc3[N+](=O)[O-])c2)c1. The number of hydrogen-bond acceptors (Lipinski definition) is 5. The minimum absolute atomic E-state index is 0.122. The number of aryl methyl sites for hydroxylation is 2. The number of thiophene rings is 1. The Morgan fingerprint density at radius 1 is 1.15 bits per heavy atom. The van der Waals surface area contributed by atoms with Crippen LogP contribution in [0.4, 0.5) is 11.4 Å². The van der Waals surface area contributed by atoms with Crippen LogP contribution in [0.25, 0.3) is 0 Å². The summed E-state index contributed by atoms with van der Waals surface area (Å²) in [5.41, 5.74) is 2.79. The normalized spacial score (nSPS) is 10.4. The molecule has 0 spiro atoms. The van der Waals surface area contributed by atoms with Gasteiger partial charge in [-0.2, -0.15) is 0 Å². The van der Waals surface area contributed by atoms with E-state index in [4.69, 9.17) is 4.74 Å². The lowest BCUT2D eigenvalue weighted by Crippen LogP contribution is -2.11. The van der Waals surface area contributed by atoms with Crippen LogP contribution in [0.5, 0.6) is 5.75 Å². The second-order valence-electron chi connectivity index (χ2n) is 6.16. The third-order valence-corrected chi connectivity index (χ3v) is 4.85. The van der Waals surface area contributed by atoms with Gasteiger partial charge in [0.15, 0.2) is 0 Å². The zero-order chi connectivity index (χ0) is 19.4. The number of rotatable bonds is 6. The number of hydrogen-bond donors (Lipinski definition) is 1. The van der Waals surface area contributed by atoms with Crippen LogP contribution in [0.2, 0.25) is 0 Å². The molecule has 0 unspecified atom stereocenters. The third kappa shape index (κ3) is 4.71. The summed E-state index contributed by atoms with van der Waals surface area (Å²) < 4.78 is 5.73. The summed E-state index contributed by atoms with van der Waals surface area (Å²) in [4.78, 5) is 23.6. The van der Waals surface area contributed by atoms with Gasteiger partial charge in [-0.05, 0) is 54.6 Å². The van der Waals surface area contributed by atoms with Crippen LogP contribution in [-0.2, 0) is 6.61 Å². The topological polar surface area (TPSA) is 81.5 Å². The highest BCUT2D eigenvalue weighted by Crippen LogP contribution is 2.27. The number of anilines is 1. The zero-order valence-corrected chi connectivity index (χ0v) is 15.7. The van der Waals surface area contributed by atoms with Crippen molar-refractivity contribution in [1.29, 1.82) is 0 Å². The van der Waals surface area contributed by atoms with Crippen molar-refractivity contribution >= 4 is 28.6 Å². The lowest BCUT2D eigenvalue weighted by atomic mass is 10.2. The van der Waals surface area contributed by atoms with E-state index < -0.39 is 4.92 Å². The fraction of sp³-hybridized carbons (Fsp3) is 0.150. The van der Waals surface area contributed by atoms with Crippen molar-refractivity contribution in [2.24, 2.45) is 0 Å². The van der Waals surface area contributed by atoms with Gasteiger partial charge in [-0.25, -0.2) is 0 Å². The van der Waals surface area contributed by atoms with Crippen LogP contribution in [0.3, 0.4) is 0 Å². The molecule has 2 aromatic carbocycles. The number of nitro benzene ring substituents is 1. The first-order chi connectivity index (χ1) is 12.9. The molecule has 138 valence electrons. The van der Waals surface area contributed by atoms with Crippen molar-refractivity contribution in [2.45, 2.75) is 20.5 Å². The van der Waals surface area contributed by atoms with Crippen LogP contribution < -0.4 is 10.1 Å². The molecule has 6 nitrogen and oxygen atoms in total. The van der Waals surface area contributed by atoms with Gasteiger partial charge in [-0.1, -0.05) is 18.2 Å². The van der Waals surface area contributed by atoms with Crippen LogP contribution in [0.1, 0.15) is 26.4 Å². The van der Waals surface area contributed by atoms with Gasteiger partial charge in [0, 0.05) is 11.6 Å². The Kier molecular flexibility index (Phi) is 5.52. The van der Waals surface area contributed by atoms with Gasteiger partial charge < -0.3 is 10.1 Å². The molecule has 1 N–H and O–H groups in total. The molecule has 3 aromatic rings. The minimum atomic E-state index is -0.502. The average molecular weight is 382 g/mol. The first-order valence-electron chi connectivity index (χ1n) is 8.25. The first-order valence-corrected chi connectivity index (χ1v) is 9.13. The standard InChI is InChI=1S/C20H18N2O4S/c1-13-4-3-5-16(8-13)26-11-15-10-19(27-12-15)20(23)21-17-7-6-14(2)9-18(17)22(24)25/h3-10,12H,11H2,1-2H3,(H,21,23). The highest BCUT2D eigenvalue weighted by molar-refractivity contribution is 7.12. The fourth-order valence-corrected chi connectivity index (χ4v) is 3.32. The van der Waals surface area contributed by atoms with E-state index in [1.165, 1.54) is 17.4 Å². The molecular weight excluding hydrogens is 364 g/mol. The number of nitrogens with one attached hydrogen (secondary N) is 1. The Morgan fingerprint density at radius 2 is 1.93 bits per heavy atom. The molecule has 7 heteroatoms. The molecule has 1 amide bonds. The highest BCUT2D eigenvalue weighted by Gasteiger charge is 2.18. The maximum atomic E-state index is 12.4. The number of nitrogens with zero attached hydrogens (tertiary/aromatic N) is 1. The molecule has 0 aliphatic carbocycles. The van der Waals surface area contributed by atoms with E-state index in [-0.39, 0.29) is 17.3 Å². The van der Waals surface area contributed by atoms with Gasteiger partial charge in [0.05, 0.1) is 9.80 Å². The second kappa shape index (κ2) is 8.01. The second-order valence-corrected chi connectivity index (χ2v) is 7.07. The number of benzene rings is 2. The molecule has 0 aliphatic heterocycles. The predicted molar refractivity (Wildman–Crippen MR) is 106 cm³/mol. The summed E-state index contributed by atoms with van der Waals surface area (Å²) in [6, 6.07) is 14.2. The zero-order valence-electron chi connectivity index (χ0n) is 14.9. The summed E-state index contributed by atoms with van der Waals surface area (Å²) in [6.45, 7) is 4.10. The predicted octanol–water partition coefficient (Wildman–Crippen LogP) is 5.10. The van der Waals surface area contributed by atoms with Gasteiger partial charge >= 0.3 is 0 Å². The fourth-order valence-electron chi connectivity index (χ4n) is 2.52. The Balaban J connectivity index is 1.68. The van der Waals surface area contributed by atoms with Gasteiger partial charge in [0.25, 0.3) is 11.6 Å². The van der Waals surface area contributed by atoms with Crippen molar-refractivity contribution in [3.8, 4) is 5.75 Å². The molecule has 0 fully saturated rings. The minimum Gasteiger partial charge on any atom is -0.489 e. The van der Waals surface area contributed by atoms with Crippen molar-refractivity contribution in [3.05, 3.63) is 85.6 Å². The number of carbonyl (C=O) groups excluding carboxylic acids is 1. The van der Waals surface area contributed by atoms with Crippen molar-refractivity contribution < 1.29 is 14.5 Å². The summed E-state index contributed by atoms with van der Waals surface area (Å²) in [6.07, 6.45) is 0. The molecule has 27 heavy (non-hydrogen) atoms. The van der Waals surface area contributed by atoms with Crippen molar-refractivity contribution in [1.82, 2.24) is 0 Å². The van der Waals surface area contributed by atoms with E-state index in [1.54, 1.807) is 25.1 Å². The molecule has 0 saturated carbocycles. The molecular formula is C20H18N2O4S. The summed E-state index contributed by atoms with van der Waals surface area (Å²) >= 11 is 1.27. The quantitative estimate of drug-likeness (QED) is 0.475. The van der Waals surface area contributed by atoms with Crippen LogP contribution in [-0.4, -0.2) is 10.8 Å². The van der Waals surface area contributed by atoms with E-state index in [1.807, 2.05) is 36.6 Å². The molecule has 1 aromatic heterocycles. The third-order valence-electron chi connectivity index (χ3n) is 3.87. The summed E-state index contributed by atoms with van der Waals surface area (Å²) in [5, 5.41) is 15.6. The van der Waals surface area contributed by atoms with E-state index in [9.17, 15) is 14.9 Å². The molecule has 0 bridgehead atoms. The molecule has 3 rings (SSSR count). The number of ether oxygens (including phenoxy) is 1. The van der Waals surface area contributed by atoms with Gasteiger partial charge in [0.2, 0.25) is 0 Å². The Labute approximate surface area is 160 Å². The van der Waals surface area contributed by atoms with E-state index >= 15 is 0 Å². The number of carbonyl (C=O) groups is 1. The molecule has 0 aliphatic rings. The van der Waals surface area contributed by atoms with Crippen molar-refractivity contribution in [2.75, 3.05) is 5.32 Å². The summed E-state index contributed by atoms with van der Waals surface area (Å²) in [7, 11) is 0. The van der Waals surface area contributed by atoms with Crippen LogP contribution >= 0.6 is 11.3 Å². The maximum Gasteiger partial charge on any atom is 0.293 e. The largest absolute Gasteiger partial charge is 0.489 e. The monoisotopic (exact) mass is 382 g/mol. The van der Waals surface area contributed by atoms with E-state index in [0.29, 0.717) is 11.5 Å². The number of amides is 1. The maximum absolute atomic E-state index is 12.4. The van der Waals surface area contributed by atoms with Gasteiger partial charge in [0.1, 0.15) is 18.0 Å². The lowest BCUT2D eigenvalue weighted by Gasteiger charge is -2.06. The average Bonchev–Trinajstić information content (AvgIpc) is 3.10. The molecule has 0 radical (unpaired) electrons. The van der Waals surface area contributed by atoms with Crippen LogP contribution in [0, 0.1) is 24.0 Å². The lowest BCUT2D eigenvalue weighted by molar-refractivity contribution is -0.384. The Morgan fingerprint density at radius 3 is 2.67 bits per heavy atom. The number of nitro groups is 1. The van der Waals surface area contributed by atoms with Crippen molar-refractivity contribution in [3.63, 3.8) is 0 Å². The Hall–Kier alpha value is -3.19. The molecule has 0 saturated heterocycles.